The molecule has 2 aromatic heterocycles. The van der Waals surface area contributed by atoms with Crippen molar-refractivity contribution in [1.82, 2.24) is 4.98 Å². The van der Waals surface area contributed by atoms with Gasteiger partial charge in [-0.15, -0.1) is 11.3 Å². The van der Waals surface area contributed by atoms with Gasteiger partial charge in [-0.1, -0.05) is 24.3 Å². The Hall–Kier alpha value is -2.45. The molecule has 3 heterocycles. The summed E-state index contributed by atoms with van der Waals surface area (Å²) in [6, 6.07) is 11.4. The first-order valence-electron chi connectivity index (χ1n) is 8.59. The van der Waals surface area contributed by atoms with Gasteiger partial charge in [-0.3, -0.25) is 4.79 Å². The average Bonchev–Trinajstić information content (AvgIpc) is 3.32. The Kier molecular flexibility index (Phi) is 4.84. The number of aromatic nitrogens is 1. The van der Waals surface area contributed by atoms with E-state index in [-0.39, 0.29) is 5.75 Å². The minimum absolute atomic E-state index is 0.310. The molecule has 140 valence electrons. The number of carbonyl (C=O) groups is 1. The van der Waals surface area contributed by atoms with Crippen LogP contribution in [0.15, 0.2) is 52.5 Å². The van der Waals surface area contributed by atoms with Crippen molar-refractivity contribution in [1.29, 1.82) is 0 Å². The van der Waals surface area contributed by atoms with E-state index in [4.69, 9.17) is 4.42 Å². The number of sulfone groups is 1. The third-order valence-corrected chi connectivity index (χ3v) is 6.69. The maximum Gasteiger partial charge on any atom is 0.242 e. The lowest BCUT2D eigenvalue weighted by atomic mass is 10.0. The molecule has 1 aromatic carbocycles. The fourth-order valence-electron chi connectivity index (χ4n) is 3.22. The third-order valence-electron chi connectivity index (χ3n) is 4.41. The monoisotopic (exact) mass is 402 g/mol. The van der Waals surface area contributed by atoms with Crippen LogP contribution in [-0.4, -0.2) is 31.6 Å². The molecule has 0 atom stereocenters. The van der Waals surface area contributed by atoms with Crippen molar-refractivity contribution in [3.05, 3.63) is 59.3 Å². The molecule has 8 heteroatoms. The summed E-state index contributed by atoms with van der Waals surface area (Å²) in [5.74, 6) is -0.860. The maximum atomic E-state index is 12.7. The molecule has 0 bridgehead atoms. The molecule has 0 N–H and O–H groups in total. The van der Waals surface area contributed by atoms with Crippen molar-refractivity contribution < 1.29 is 17.6 Å². The highest BCUT2D eigenvalue weighted by molar-refractivity contribution is 7.91. The number of fused-ring (bicyclic) bond motifs is 1. The minimum Gasteiger partial charge on any atom is -0.444 e. The van der Waals surface area contributed by atoms with Crippen molar-refractivity contribution in [3.63, 3.8) is 0 Å². The highest BCUT2D eigenvalue weighted by atomic mass is 32.2. The first-order valence-corrected chi connectivity index (χ1v) is 11.3. The number of nitrogens with zero attached hydrogens (tertiary/aromatic N) is 2. The number of hydrogen-bond donors (Lipinski definition) is 0. The molecular formula is C19H18N2O4S2. The van der Waals surface area contributed by atoms with E-state index in [1.165, 1.54) is 17.6 Å². The molecule has 0 saturated heterocycles. The molecule has 0 unspecified atom stereocenters. The molecule has 0 saturated carbocycles. The van der Waals surface area contributed by atoms with Crippen molar-refractivity contribution in [2.45, 2.75) is 18.6 Å². The topological polar surface area (TPSA) is 80.5 Å². The molecule has 1 aliphatic rings. The zero-order valence-corrected chi connectivity index (χ0v) is 16.1. The van der Waals surface area contributed by atoms with E-state index < -0.39 is 21.5 Å². The van der Waals surface area contributed by atoms with E-state index in [1.807, 2.05) is 41.8 Å². The number of amides is 1. The molecule has 3 aromatic rings. The Morgan fingerprint density at radius 3 is 2.89 bits per heavy atom. The number of hydrogen-bond acceptors (Lipinski definition) is 6. The second-order valence-electron chi connectivity index (χ2n) is 6.43. The van der Waals surface area contributed by atoms with Gasteiger partial charge in [-0.05, 0) is 35.9 Å². The molecule has 6 nitrogen and oxygen atoms in total. The summed E-state index contributed by atoms with van der Waals surface area (Å²) in [4.78, 5) is 19.3. The number of thiophene rings is 1. The second-order valence-corrected chi connectivity index (χ2v) is 9.44. The van der Waals surface area contributed by atoms with Gasteiger partial charge in [0.15, 0.2) is 9.84 Å². The summed E-state index contributed by atoms with van der Waals surface area (Å²) in [6.07, 6.45) is 3.07. The summed E-state index contributed by atoms with van der Waals surface area (Å²) >= 11 is 1.46. The fraction of sp³-hybridized carbons (Fsp3) is 0.263. The summed E-state index contributed by atoms with van der Waals surface area (Å²) in [5.41, 5.74) is 2.20. The predicted molar refractivity (Wildman–Crippen MR) is 104 cm³/mol. The van der Waals surface area contributed by atoms with E-state index in [1.54, 1.807) is 4.90 Å². The molecule has 4 rings (SSSR count). The van der Waals surface area contributed by atoms with Crippen molar-refractivity contribution >= 4 is 32.8 Å². The fourth-order valence-corrected chi connectivity index (χ4v) is 5.09. The van der Waals surface area contributed by atoms with Crippen LogP contribution < -0.4 is 4.90 Å². The van der Waals surface area contributed by atoms with Crippen LogP contribution >= 0.6 is 11.3 Å². The Morgan fingerprint density at radius 1 is 1.22 bits per heavy atom. The first kappa shape index (κ1) is 17.9. The summed E-state index contributed by atoms with van der Waals surface area (Å²) in [7, 11) is -3.65. The largest absolute Gasteiger partial charge is 0.444 e. The van der Waals surface area contributed by atoms with E-state index in [9.17, 15) is 13.2 Å². The number of oxazole rings is 1. The number of aryl methyl sites for hydroxylation is 1. The molecule has 27 heavy (non-hydrogen) atoms. The maximum absolute atomic E-state index is 12.7. The number of anilines is 1. The Labute approximate surface area is 161 Å². The standard InChI is InChI=1S/C19H18N2O4S2/c22-18(21-9-3-6-14-5-1-2-7-16(14)21)13-27(23,24)12-15-11-25-19(20-15)17-8-4-10-26-17/h1-2,4-5,7-8,10-11H,3,6,9,12-13H2. The second kappa shape index (κ2) is 7.28. The molecule has 0 fully saturated rings. The lowest BCUT2D eigenvalue weighted by Crippen LogP contribution is -2.39. The molecular weight excluding hydrogens is 384 g/mol. The number of para-hydroxylation sites is 1. The van der Waals surface area contributed by atoms with Crippen molar-refractivity contribution in [2.24, 2.45) is 0 Å². The van der Waals surface area contributed by atoms with E-state index in [0.29, 0.717) is 18.1 Å². The molecule has 0 aliphatic carbocycles. The smallest absolute Gasteiger partial charge is 0.242 e. The summed E-state index contributed by atoms with van der Waals surface area (Å²) in [6.45, 7) is 0.540. The predicted octanol–water partition coefficient (Wildman–Crippen LogP) is 3.30. The SMILES string of the molecule is O=C(CS(=O)(=O)Cc1coc(-c2cccs2)n1)N1CCCc2ccccc21. The molecule has 1 amide bonds. The van der Waals surface area contributed by atoms with Crippen molar-refractivity contribution in [3.8, 4) is 10.8 Å². The number of carbonyl (C=O) groups excluding carboxylic acids is 1. The van der Waals surface area contributed by atoms with Gasteiger partial charge in [0.1, 0.15) is 12.0 Å². The van der Waals surface area contributed by atoms with Crippen LogP contribution in [0.2, 0.25) is 0 Å². The lowest BCUT2D eigenvalue weighted by Gasteiger charge is -2.29. The Bertz CT molecular complexity index is 1060. The van der Waals surface area contributed by atoms with Crippen molar-refractivity contribution in [2.75, 3.05) is 17.2 Å². The van der Waals surface area contributed by atoms with Crippen LogP contribution in [0.3, 0.4) is 0 Å². The average molecular weight is 402 g/mol. The number of rotatable bonds is 5. The van der Waals surface area contributed by atoms with Gasteiger partial charge in [0.05, 0.1) is 16.3 Å². The van der Waals surface area contributed by atoms with Gasteiger partial charge in [0.2, 0.25) is 11.8 Å². The van der Waals surface area contributed by atoms with Crippen LogP contribution in [0.1, 0.15) is 17.7 Å². The van der Waals surface area contributed by atoms with Gasteiger partial charge in [-0.2, -0.15) is 0 Å². The van der Waals surface area contributed by atoms with E-state index in [0.717, 1.165) is 29.0 Å². The van der Waals surface area contributed by atoms with Crippen LogP contribution in [0.25, 0.3) is 10.8 Å². The molecule has 0 spiro atoms. The van der Waals surface area contributed by atoms with Crippen LogP contribution in [0.5, 0.6) is 0 Å². The Balaban J connectivity index is 1.47. The van der Waals surface area contributed by atoms with Gasteiger partial charge < -0.3 is 9.32 Å². The van der Waals surface area contributed by atoms with E-state index in [2.05, 4.69) is 4.98 Å². The minimum atomic E-state index is -3.65. The van der Waals surface area contributed by atoms with Gasteiger partial charge in [0, 0.05) is 12.2 Å². The summed E-state index contributed by atoms with van der Waals surface area (Å²) < 4.78 is 30.4. The Morgan fingerprint density at radius 2 is 2.07 bits per heavy atom. The number of benzene rings is 1. The highest BCUT2D eigenvalue weighted by Crippen LogP contribution is 2.27. The van der Waals surface area contributed by atoms with Gasteiger partial charge in [-0.25, -0.2) is 13.4 Å². The van der Waals surface area contributed by atoms with Crippen LogP contribution in [0.4, 0.5) is 5.69 Å². The van der Waals surface area contributed by atoms with Gasteiger partial charge >= 0.3 is 0 Å². The molecule has 0 radical (unpaired) electrons. The third kappa shape index (κ3) is 3.96. The lowest BCUT2D eigenvalue weighted by molar-refractivity contribution is -0.116. The first-order chi connectivity index (χ1) is 13.0. The summed E-state index contributed by atoms with van der Waals surface area (Å²) in [5, 5.41) is 1.89. The van der Waals surface area contributed by atoms with Crippen LogP contribution in [0, 0.1) is 0 Å². The zero-order valence-electron chi connectivity index (χ0n) is 14.5. The van der Waals surface area contributed by atoms with E-state index >= 15 is 0 Å². The quantitative estimate of drug-likeness (QED) is 0.654. The highest BCUT2D eigenvalue weighted by Gasteiger charge is 2.27. The van der Waals surface area contributed by atoms with Crippen LogP contribution in [-0.2, 0) is 26.8 Å². The normalized spacial score (nSPS) is 14.1. The van der Waals surface area contributed by atoms with Gasteiger partial charge in [0.25, 0.3) is 0 Å². The molecule has 1 aliphatic heterocycles. The zero-order chi connectivity index (χ0) is 18.9.